The Hall–Kier alpha value is -0.770. The monoisotopic (exact) mass is 297 g/mol. The number of nitrogens with one attached hydrogen (secondary N) is 1. The van der Waals surface area contributed by atoms with Crippen LogP contribution in [0.4, 0.5) is 0 Å². The topological polar surface area (TPSA) is 41.5 Å². The van der Waals surface area contributed by atoms with Crippen LogP contribution in [0.1, 0.15) is 32.6 Å². The zero-order valence-electron chi connectivity index (χ0n) is 12.0. The van der Waals surface area contributed by atoms with Crippen LogP contribution in [0.3, 0.4) is 0 Å². The number of aliphatic hydroxyl groups is 1. The zero-order chi connectivity index (χ0) is 14.4. The van der Waals surface area contributed by atoms with Crippen molar-refractivity contribution in [3.8, 4) is 5.75 Å². The molecule has 0 aromatic heterocycles. The van der Waals surface area contributed by atoms with Gasteiger partial charge in [0, 0.05) is 12.6 Å². The van der Waals surface area contributed by atoms with Gasteiger partial charge in [-0.1, -0.05) is 43.5 Å². The first kappa shape index (κ1) is 15.6. The van der Waals surface area contributed by atoms with E-state index in [1.165, 1.54) is 25.7 Å². The molecular formula is C16H24ClNO2. The molecule has 2 N–H and O–H groups in total. The largest absolute Gasteiger partial charge is 0.489 e. The second-order valence-corrected chi connectivity index (χ2v) is 6.08. The highest BCUT2D eigenvalue weighted by molar-refractivity contribution is 6.32. The van der Waals surface area contributed by atoms with Crippen LogP contribution >= 0.6 is 11.6 Å². The molecule has 112 valence electrons. The van der Waals surface area contributed by atoms with Crippen LogP contribution in [-0.4, -0.2) is 30.4 Å². The first-order chi connectivity index (χ1) is 9.66. The molecule has 1 saturated carbocycles. The van der Waals surface area contributed by atoms with Gasteiger partial charge >= 0.3 is 0 Å². The molecule has 0 amide bonds. The molecule has 0 bridgehead atoms. The van der Waals surface area contributed by atoms with Crippen molar-refractivity contribution in [2.45, 2.75) is 44.8 Å². The molecule has 1 aliphatic carbocycles. The van der Waals surface area contributed by atoms with Gasteiger partial charge in [-0.2, -0.15) is 0 Å². The lowest BCUT2D eigenvalue weighted by Crippen LogP contribution is -2.42. The molecule has 4 heteroatoms. The highest BCUT2D eigenvalue weighted by Crippen LogP contribution is 2.24. The van der Waals surface area contributed by atoms with Crippen molar-refractivity contribution >= 4 is 11.6 Å². The van der Waals surface area contributed by atoms with Crippen molar-refractivity contribution < 1.29 is 9.84 Å². The number of rotatable bonds is 6. The second-order valence-electron chi connectivity index (χ2n) is 5.67. The van der Waals surface area contributed by atoms with Crippen molar-refractivity contribution in [3.05, 3.63) is 29.3 Å². The van der Waals surface area contributed by atoms with Gasteiger partial charge in [-0.25, -0.2) is 0 Å². The minimum atomic E-state index is -0.514. The first-order valence-corrected chi connectivity index (χ1v) is 7.83. The Morgan fingerprint density at radius 2 is 2.10 bits per heavy atom. The van der Waals surface area contributed by atoms with Crippen molar-refractivity contribution in [1.82, 2.24) is 5.32 Å². The lowest BCUT2D eigenvalue weighted by molar-refractivity contribution is 0.0985. The van der Waals surface area contributed by atoms with Crippen LogP contribution in [0.25, 0.3) is 0 Å². The van der Waals surface area contributed by atoms with Crippen LogP contribution < -0.4 is 10.1 Å². The van der Waals surface area contributed by atoms with Crippen molar-refractivity contribution in [2.75, 3.05) is 13.2 Å². The van der Waals surface area contributed by atoms with Gasteiger partial charge in [0.25, 0.3) is 0 Å². The zero-order valence-corrected chi connectivity index (χ0v) is 12.8. The maximum Gasteiger partial charge on any atom is 0.138 e. The molecule has 0 aliphatic heterocycles. The summed E-state index contributed by atoms with van der Waals surface area (Å²) in [4.78, 5) is 0. The molecular weight excluding hydrogens is 274 g/mol. The number of para-hydroxylation sites is 1. The van der Waals surface area contributed by atoms with E-state index in [1.54, 1.807) is 6.07 Å². The standard InChI is InChI=1S/C16H24ClNO2/c1-12-6-2-4-8-15(12)18-10-13(19)11-20-16-9-5-3-7-14(16)17/h3,5,7,9,12-13,15,18-19H,2,4,6,8,10-11H2,1H3. The fourth-order valence-corrected chi connectivity index (χ4v) is 2.90. The normalized spacial score (nSPS) is 24.4. The van der Waals surface area contributed by atoms with E-state index in [0.717, 1.165) is 0 Å². The third-order valence-corrected chi connectivity index (χ3v) is 4.31. The molecule has 2 rings (SSSR count). The van der Waals surface area contributed by atoms with Gasteiger partial charge in [-0.15, -0.1) is 0 Å². The summed E-state index contributed by atoms with van der Waals surface area (Å²) in [5.74, 6) is 1.32. The highest BCUT2D eigenvalue weighted by Gasteiger charge is 2.21. The van der Waals surface area contributed by atoms with Gasteiger partial charge in [0.1, 0.15) is 18.5 Å². The lowest BCUT2D eigenvalue weighted by Gasteiger charge is -2.30. The summed E-state index contributed by atoms with van der Waals surface area (Å²) in [6.45, 7) is 3.11. The van der Waals surface area contributed by atoms with Gasteiger partial charge in [0.15, 0.2) is 0 Å². The van der Waals surface area contributed by atoms with Gasteiger partial charge in [-0.05, 0) is 30.9 Å². The van der Waals surface area contributed by atoms with E-state index in [0.29, 0.717) is 29.3 Å². The van der Waals surface area contributed by atoms with E-state index >= 15 is 0 Å². The Bertz CT molecular complexity index is 413. The van der Waals surface area contributed by atoms with Crippen molar-refractivity contribution in [3.63, 3.8) is 0 Å². The van der Waals surface area contributed by atoms with E-state index in [1.807, 2.05) is 18.2 Å². The predicted molar refractivity (Wildman–Crippen MR) is 82.4 cm³/mol. The molecule has 20 heavy (non-hydrogen) atoms. The molecule has 1 aromatic rings. The Morgan fingerprint density at radius 3 is 2.85 bits per heavy atom. The molecule has 0 spiro atoms. The Balaban J connectivity index is 1.70. The molecule has 0 radical (unpaired) electrons. The quantitative estimate of drug-likeness (QED) is 0.847. The molecule has 1 aliphatic rings. The SMILES string of the molecule is CC1CCCCC1NCC(O)COc1ccccc1Cl. The third-order valence-electron chi connectivity index (χ3n) is 4.00. The smallest absolute Gasteiger partial charge is 0.138 e. The molecule has 0 heterocycles. The van der Waals surface area contributed by atoms with E-state index < -0.39 is 6.10 Å². The summed E-state index contributed by atoms with van der Waals surface area (Å²) >= 11 is 6.00. The average molecular weight is 298 g/mol. The van der Waals surface area contributed by atoms with Crippen LogP contribution in [0.2, 0.25) is 5.02 Å². The minimum Gasteiger partial charge on any atom is -0.489 e. The molecule has 1 aromatic carbocycles. The maximum absolute atomic E-state index is 9.99. The Kier molecular flexibility index (Phi) is 6.14. The average Bonchev–Trinajstić information content (AvgIpc) is 2.45. The lowest BCUT2D eigenvalue weighted by atomic mass is 9.86. The maximum atomic E-state index is 9.99. The highest BCUT2D eigenvalue weighted by atomic mass is 35.5. The predicted octanol–water partition coefficient (Wildman–Crippen LogP) is 3.25. The summed E-state index contributed by atoms with van der Waals surface area (Å²) in [5.41, 5.74) is 0. The fourth-order valence-electron chi connectivity index (χ4n) is 2.71. The number of benzene rings is 1. The number of aliphatic hydroxyl groups excluding tert-OH is 1. The van der Waals surface area contributed by atoms with E-state index in [9.17, 15) is 5.11 Å². The number of hydrogen-bond donors (Lipinski definition) is 2. The molecule has 3 nitrogen and oxygen atoms in total. The molecule has 3 atom stereocenters. The van der Waals surface area contributed by atoms with Crippen LogP contribution in [0.5, 0.6) is 5.75 Å². The molecule has 0 saturated heterocycles. The Morgan fingerprint density at radius 1 is 1.35 bits per heavy atom. The fraction of sp³-hybridized carbons (Fsp3) is 0.625. The summed E-state index contributed by atoms with van der Waals surface area (Å²) in [6.07, 6.45) is 4.59. The van der Waals surface area contributed by atoms with Gasteiger partial charge in [0.05, 0.1) is 5.02 Å². The second kappa shape index (κ2) is 7.87. The minimum absolute atomic E-state index is 0.262. The molecule has 3 unspecified atom stereocenters. The van der Waals surface area contributed by atoms with Gasteiger partial charge < -0.3 is 15.2 Å². The summed E-state index contributed by atoms with van der Waals surface area (Å²) in [7, 11) is 0. The third kappa shape index (κ3) is 4.65. The summed E-state index contributed by atoms with van der Waals surface area (Å²) in [5, 5.41) is 14.0. The summed E-state index contributed by atoms with van der Waals surface area (Å²) < 4.78 is 5.54. The van der Waals surface area contributed by atoms with E-state index in [-0.39, 0.29) is 6.61 Å². The van der Waals surface area contributed by atoms with Gasteiger partial charge in [0.2, 0.25) is 0 Å². The molecule has 1 fully saturated rings. The number of hydrogen-bond acceptors (Lipinski definition) is 3. The Labute approximate surface area is 126 Å². The van der Waals surface area contributed by atoms with Crippen LogP contribution in [0, 0.1) is 5.92 Å². The van der Waals surface area contributed by atoms with Crippen LogP contribution in [-0.2, 0) is 0 Å². The summed E-state index contributed by atoms with van der Waals surface area (Å²) in [6, 6.07) is 7.85. The van der Waals surface area contributed by atoms with Crippen molar-refractivity contribution in [2.24, 2.45) is 5.92 Å². The van der Waals surface area contributed by atoms with Gasteiger partial charge in [-0.3, -0.25) is 0 Å². The number of halogens is 1. The van der Waals surface area contributed by atoms with Crippen LogP contribution in [0.15, 0.2) is 24.3 Å². The van der Waals surface area contributed by atoms with E-state index in [4.69, 9.17) is 16.3 Å². The van der Waals surface area contributed by atoms with E-state index in [2.05, 4.69) is 12.2 Å². The number of ether oxygens (including phenoxy) is 1. The first-order valence-electron chi connectivity index (χ1n) is 7.45. The van der Waals surface area contributed by atoms with Crippen molar-refractivity contribution in [1.29, 1.82) is 0 Å².